The van der Waals surface area contributed by atoms with Gasteiger partial charge in [-0.25, -0.2) is 0 Å². The van der Waals surface area contributed by atoms with Crippen molar-refractivity contribution in [1.29, 1.82) is 0 Å². The monoisotopic (exact) mass is 465 g/mol. The number of carboxylic acids is 1. The predicted molar refractivity (Wildman–Crippen MR) is 122 cm³/mol. The summed E-state index contributed by atoms with van der Waals surface area (Å²) in [7, 11) is 0. The molecule has 3 unspecified atom stereocenters. The maximum Gasteiger partial charge on any atom is 0.322 e. The van der Waals surface area contributed by atoms with Crippen LogP contribution < -0.4 is 27.4 Å². The number of hydrogen-bond donors (Lipinski definition) is 7. The summed E-state index contributed by atoms with van der Waals surface area (Å²) in [5, 5.41) is 25.8. The average molecular weight is 466 g/mol. The molecule has 0 heterocycles. The van der Waals surface area contributed by atoms with Crippen molar-refractivity contribution in [3.8, 4) is 5.75 Å². The summed E-state index contributed by atoms with van der Waals surface area (Å²) in [6.07, 6.45) is 1.90. The van der Waals surface area contributed by atoms with Crippen LogP contribution in [-0.2, 0) is 25.6 Å². The summed E-state index contributed by atoms with van der Waals surface area (Å²) >= 11 is 0. The van der Waals surface area contributed by atoms with Crippen LogP contribution in [0.1, 0.15) is 38.7 Å². The Morgan fingerprint density at radius 3 is 2.15 bits per heavy atom. The molecule has 33 heavy (non-hydrogen) atoms. The predicted octanol–water partition coefficient (Wildman–Crippen LogP) is -0.783. The second-order valence-corrected chi connectivity index (χ2v) is 8.16. The second kappa shape index (κ2) is 14.1. The van der Waals surface area contributed by atoms with E-state index in [-0.39, 0.29) is 18.1 Å². The summed E-state index contributed by atoms with van der Waals surface area (Å²) in [6.45, 7) is 3.37. The summed E-state index contributed by atoms with van der Waals surface area (Å²) < 4.78 is 0. The molecule has 0 aliphatic rings. The van der Waals surface area contributed by atoms with E-state index < -0.39 is 48.4 Å². The molecule has 1 aromatic rings. The number of carboxylic acid groups (broad SMARTS) is 1. The standard InChI is InChI=1S/C22H35N5O6/c1-13(2)19(27-20(31)16(24)5-3-4-10-23)22(33)26-17(21(32)25-12-18(29)30)11-14-6-8-15(28)9-7-14/h6-9,13,16-17,19,28H,3-5,10-12,23-24H2,1-2H3,(H,25,32)(H,26,33)(H,27,31)(H,29,30). The van der Waals surface area contributed by atoms with Crippen molar-refractivity contribution >= 4 is 23.7 Å². The summed E-state index contributed by atoms with van der Waals surface area (Å²) in [6, 6.07) is 3.20. The van der Waals surface area contributed by atoms with E-state index in [0.717, 1.165) is 6.42 Å². The van der Waals surface area contributed by atoms with Crippen LogP contribution in [0.3, 0.4) is 0 Å². The van der Waals surface area contributed by atoms with E-state index in [9.17, 15) is 24.3 Å². The summed E-state index contributed by atoms with van der Waals surface area (Å²) in [4.78, 5) is 48.8. The lowest BCUT2D eigenvalue weighted by atomic mass is 10.00. The number of nitrogens with two attached hydrogens (primary N) is 2. The zero-order valence-electron chi connectivity index (χ0n) is 19.0. The largest absolute Gasteiger partial charge is 0.508 e. The van der Waals surface area contributed by atoms with Crippen LogP contribution in [0, 0.1) is 5.92 Å². The molecule has 184 valence electrons. The van der Waals surface area contributed by atoms with Crippen LogP contribution in [0.25, 0.3) is 0 Å². The van der Waals surface area contributed by atoms with E-state index in [2.05, 4.69) is 16.0 Å². The Morgan fingerprint density at radius 2 is 1.61 bits per heavy atom. The molecule has 3 atom stereocenters. The number of unbranched alkanes of at least 4 members (excludes halogenated alkanes) is 1. The molecule has 11 nitrogen and oxygen atoms in total. The van der Waals surface area contributed by atoms with Crippen molar-refractivity contribution in [1.82, 2.24) is 16.0 Å². The number of amides is 3. The van der Waals surface area contributed by atoms with Crippen LogP contribution in [0.4, 0.5) is 0 Å². The molecule has 0 spiro atoms. The van der Waals surface area contributed by atoms with Crippen LogP contribution in [0.5, 0.6) is 5.75 Å². The molecule has 0 radical (unpaired) electrons. The normalized spacial score (nSPS) is 13.6. The third kappa shape index (κ3) is 10.3. The van der Waals surface area contributed by atoms with E-state index in [0.29, 0.717) is 24.9 Å². The van der Waals surface area contributed by atoms with Gasteiger partial charge in [0, 0.05) is 6.42 Å². The summed E-state index contributed by atoms with van der Waals surface area (Å²) in [5.41, 5.74) is 12.0. The third-order valence-electron chi connectivity index (χ3n) is 4.98. The van der Waals surface area contributed by atoms with Crippen molar-refractivity contribution in [2.24, 2.45) is 17.4 Å². The smallest absolute Gasteiger partial charge is 0.322 e. The fourth-order valence-corrected chi connectivity index (χ4v) is 3.06. The lowest BCUT2D eigenvalue weighted by Crippen LogP contribution is -2.58. The minimum atomic E-state index is -1.23. The minimum Gasteiger partial charge on any atom is -0.508 e. The molecule has 0 aliphatic heterocycles. The van der Waals surface area contributed by atoms with Crippen LogP contribution in [0.2, 0.25) is 0 Å². The number of phenols is 1. The van der Waals surface area contributed by atoms with Crippen molar-refractivity contribution in [3.05, 3.63) is 29.8 Å². The van der Waals surface area contributed by atoms with E-state index in [1.54, 1.807) is 26.0 Å². The lowest BCUT2D eigenvalue weighted by Gasteiger charge is -2.26. The van der Waals surface area contributed by atoms with Gasteiger partial charge < -0.3 is 37.6 Å². The number of carbonyl (C=O) groups is 4. The number of rotatable bonds is 14. The van der Waals surface area contributed by atoms with Gasteiger partial charge >= 0.3 is 5.97 Å². The Kier molecular flexibility index (Phi) is 11.9. The van der Waals surface area contributed by atoms with Gasteiger partial charge in [0.1, 0.15) is 24.4 Å². The molecular formula is C22H35N5O6. The number of hydrogen-bond acceptors (Lipinski definition) is 7. The van der Waals surface area contributed by atoms with Crippen molar-refractivity contribution in [2.75, 3.05) is 13.1 Å². The van der Waals surface area contributed by atoms with Gasteiger partial charge in [0.2, 0.25) is 17.7 Å². The molecule has 1 rings (SSSR count). The molecule has 3 amide bonds. The fourth-order valence-electron chi connectivity index (χ4n) is 3.06. The molecule has 0 saturated heterocycles. The molecule has 0 aromatic heterocycles. The number of nitrogens with one attached hydrogen (secondary N) is 3. The quantitative estimate of drug-likeness (QED) is 0.174. The Labute approximate surface area is 193 Å². The van der Waals surface area contributed by atoms with Gasteiger partial charge in [-0.3, -0.25) is 19.2 Å². The Bertz CT molecular complexity index is 799. The van der Waals surface area contributed by atoms with E-state index in [1.165, 1.54) is 12.1 Å². The minimum absolute atomic E-state index is 0.0417. The Morgan fingerprint density at radius 1 is 0.970 bits per heavy atom. The topological polar surface area (TPSA) is 197 Å². The Hall–Kier alpha value is -3.18. The molecule has 0 aliphatic carbocycles. The SMILES string of the molecule is CC(C)C(NC(=O)C(N)CCCCN)C(=O)NC(Cc1ccc(O)cc1)C(=O)NCC(=O)O. The highest BCUT2D eigenvalue weighted by Gasteiger charge is 2.30. The van der Waals surface area contributed by atoms with Crippen molar-refractivity contribution < 1.29 is 29.4 Å². The number of aliphatic carboxylic acids is 1. The van der Waals surface area contributed by atoms with Crippen molar-refractivity contribution in [3.63, 3.8) is 0 Å². The molecular weight excluding hydrogens is 430 g/mol. The third-order valence-corrected chi connectivity index (χ3v) is 4.98. The van der Waals surface area contributed by atoms with Gasteiger partial charge in [-0.1, -0.05) is 32.4 Å². The van der Waals surface area contributed by atoms with Gasteiger partial charge in [0.05, 0.1) is 6.04 Å². The molecule has 1 aromatic carbocycles. The molecule has 0 bridgehead atoms. The maximum absolute atomic E-state index is 13.0. The number of aromatic hydroxyl groups is 1. The zero-order chi connectivity index (χ0) is 25.0. The van der Waals surface area contributed by atoms with E-state index in [1.807, 2.05) is 0 Å². The average Bonchev–Trinajstić information content (AvgIpc) is 2.76. The number of benzene rings is 1. The Balaban J connectivity index is 2.92. The van der Waals surface area contributed by atoms with E-state index in [4.69, 9.17) is 16.6 Å². The first kappa shape index (κ1) is 27.9. The van der Waals surface area contributed by atoms with Gasteiger partial charge in [0.15, 0.2) is 0 Å². The first-order valence-electron chi connectivity index (χ1n) is 10.9. The molecule has 0 fully saturated rings. The molecule has 11 heteroatoms. The summed E-state index contributed by atoms with van der Waals surface area (Å²) in [5.74, 6) is -3.25. The first-order valence-corrected chi connectivity index (χ1v) is 10.9. The lowest BCUT2D eigenvalue weighted by molar-refractivity contribution is -0.138. The maximum atomic E-state index is 13.0. The molecule has 9 N–H and O–H groups in total. The second-order valence-electron chi connectivity index (χ2n) is 8.16. The van der Waals surface area contributed by atoms with Crippen LogP contribution in [0.15, 0.2) is 24.3 Å². The van der Waals surface area contributed by atoms with Crippen LogP contribution in [-0.4, -0.2) is 65.1 Å². The van der Waals surface area contributed by atoms with Crippen LogP contribution >= 0.6 is 0 Å². The van der Waals surface area contributed by atoms with Gasteiger partial charge in [-0.2, -0.15) is 0 Å². The highest BCUT2D eigenvalue weighted by Crippen LogP contribution is 2.12. The fraction of sp³-hybridized carbons (Fsp3) is 0.545. The van der Waals surface area contributed by atoms with E-state index >= 15 is 0 Å². The first-order chi connectivity index (χ1) is 15.5. The zero-order valence-corrected chi connectivity index (χ0v) is 19.0. The number of phenolic OH excluding ortho intramolecular Hbond substituents is 1. The highest BCUT2D eigenvalue weighted by molar-refractivity contribution is 5.93. The van der Waals surface area contributed by atoms with Gasteiger partial charge in [0.25, 0.3) is 0 Å². The molecule has 0 saturated carbocycles. The highest BCUT2D eigenvalue weighted by atomic mass is 16.4. The van der Waals surface area contributed by atoms with Crippen molar-refractivity contribution in [2.45, 2.75) is 57.7 Å². The van der Waals surface area contributed by atoms with Gasteiger partial charge in [-0.15, -0.1) is 0 Å². The van der Waals surface area contributed by atoms with Gasteiger partial charge in [-0.05, 0) is 43.0 Å². The number of carbonyl (C=O) groups excluding carboxylic acids is 3.